The van der Waals surface area contributed by atoms with Crippen molar-refractivity contribution in [3.05, 3.63) is 106 Å². The summed E-state index contributed by atoms with van der Waals surface area (Å²) in [7, 11) is 0. The zero-order chi connectivity index (χ0) is 25.1. The number of aryl methyl sites for hydroxylation is 1. The summed E-state index contributed by atoms with van der Waals surface area (Å²) in [6.07, 6.45) is 3.84. The van der Waals surface area contributed by atoms with Gasteiger partial charge in [-0.3, -0.25) is 9.13 Å². The van der Waals surface area contributed by atoms with Crippen LogP contribution in [0, 0.1) is 0 Å². The van der Waals surface area contributed by atoms with Gasteiger partial charge in [-0.15, -0.1) is 5.10 Å². The quantitative estimate of drug-likeness (QED) is 0.314. The highest BCUT2D eigenvalue weighted by atomic mass is 16.1. The molecule has 5 aromatic rings. The zero-order valence-electron chi connectivity index (χ0n) is 20.8. The Morgan fingerprint density at radius 2 is 1.64 bits per heavy atom. The molecule has 5 rings (SSSR count). The van der Waals surface area contributed by atoms with E-state index in [0.29, 0.717) is 18.3 Å². The second-order valence-electron chi connectivity index (χ2n) is 9.32. The Balaban J connectivity index is 1.49. The molecule has 1 N–H and O–H groups in total. The van der Waals surface area contributed by atoms with E-state index in [1.54, 1.807) is 0 Å². The molecule has 0 aliphatic carbocycles. The van der Waals surface area contributed by atoms with Crippen molar-refractivity contribution >= 4 is 0 Å². The second kappa shape index (κ2) is 10.2. The van der Waals surface area contributed by atoms with E-state index in [9.17, 15) is 4.79 Å². The molecule has 0 radical (unpaired) electrons. The molecule has 0 saturated heterocycles. The van der Waals surface area contributed by atoms with Crippen LogP contribution in [-0.2, 0) is 13.0 Å². The number of imidazole rings is 1. The summed E-state index contributed by atoms with van der Waals surface area (Å²) < 4.78 is 3.72. The van der Waals surface area contributed by atoms with E-state index in [1.807, 2.05) is 51.7 Å². The van der Waals surface area contributed by atoms with Crippen LogP contribution in [0.3, 0.4) is 0 Å². The molecule has 0 atom stereocenters. The third-order valence-electron chi connectivity index (χ3n) is 6.52. The standard InChI is InChI=1S/C29H30N6O/c1-4-9-23-19-35(27-13-8-7-10-24(27)20(2)3)29(36)34(23)18-21-14-16-22(17-15-21)25-11-5-6-12-26(25)28-30-32-33-31-28/h5-8,10-17,19-20H,4,9,18H2,1-3H3,(H,30,31,32,33). The third kappa shape index (κ3) is 4.52. The van der Waals surface area contributed by atoms with E-state index in [1.165, 1.54) is 5.56 Å². The van der Waals surface area contributed by atoms with Gasteiger partial charge in [-0.05, 0) is 51.1 Å². The van der Waals surface area contributed by atoms with Gasteiger partial charge in [-0.1, -0.05) is 93.9 Å². The molecule has 2 heterocycles. The summed E-state index contributed by atoms with van der Waals surface area (Å²) in [5.41, 5.74) is 7.31. The average Bonchev–Trinajstić information content (AvgIpc) is 3.54. The van der Waals surface area contributed by atoms with Crippen molar-refractivity contribution in [3.8, 4) is 28.2 Å². The van der Waals surface area contributed by atoms with Crippen LogP contribution in [0.5, 0.6) is 0 Å². The van der Waals surface area contributed by atoms with Gasteiger partial charge in [0, 0.05) is 17.5 Å². The van der Waals surface area contributed by atoms with Crippen molar-refractivity contribution in [1.29, 1.82) is 0 Å². The first-order valence-corrected chi connectivity index (χ1v) is 12.4. The first kappa shape index (κ1) is 23.5. The number of hydrogen-bond acceptors (Lipinski definition) is 4. The van der Waals surface area contributed by atoms with Crippen LogP contribution < -0.4 is 5.69 Å². The number of benzene rings is 3. The molecule has 0 aliphatic rings. The number of nitrogens with zero attached hydrogens (tertiary/aromatic N) is 5. The van der Waals surface area contributed by atoms with E-state index in [-0.39, 0.29) is 5.69 Å². The molecular weight excluding hydrogens is 448 g/mol. The normalized spacial score (nSPS) is 11.3. The number of nitrogens with one attached hydrogen (secondary N) is 1. The largest absolute Gasteiger partial charge is 0.333 e. The van der Waals surface area contributed by atoms with Crippen LogP contribution in [0.25, 0.3) is 28.2 Å². The monoisotopic (exact) mass is 478 g/mol. The highest BCUT2D eigenvalue weighted by molar-refractivity contribution is 5.80. The maximum absolute atomic E-state index is 13.6. The fraction of sp³-hybridized carbons (Fsp3) is 0.241. The highest BCUT2D eigenvalue weighted by Crippen LogP contribution is 2.30. The molecule has 0 fully saturated rings. The van der Waals surface area contributed by atoms with Gasteiger partial charge in [-0.2, -0.15) is 0 Å². The van der Waals surface area contributed by atoms with E-state index >= 15 is 0 Å². The number of tetrazole rings is 1. The van der Waals surface area contributed by atoms with Crippen molar-refractivity contribution in [1.82, 2.24) is 29.8 Å². The molecule has 0 saturated carbocycles. The van der Waals surface area contributed by atoms with Crippen molar-refractivity contribution in [2.75, 3.05) is 0 Å². The number of aromatic amines is 1. The fourth-order valence-electron chi connectivity index (χ4n) is 4.71. The van der Waals surface area contributed by atoms with Crippen LogP contribution in [0.1, 0.15) is 49.9 Å². The zero-order valence-corrected chi connectivity index (χ0v) is 20.8. The van der Waals surface area contributed by atoms with Crippen molar-refractivity contribution in [2.24, 2.45) is 0 Å². The van der Waals surface area contributed by atoms with Crippen LogP contribution >= 0.6 is 0 Å². The Kier molecular flexibility index (Phi) is 6.62. The maximum Gasteiger partial charge on any atom is 0.333 e. The summed E-state index contributed by atoms with van der Waals surface area (Å²) in [5.74, 6) is 0.961. The van der Waals surface area contributed by atoms with Gasteiger partial charge in [0.05, 0.1) is 12.2 Å². The molecule has 7 heteroatoms. The first-order chi connectivity index (χ1) is 17.6. The summed E-state index contributed by atoms with van der Waals surface area (Å²) in [6, 6.07) is 24.6. The Morgan fingerprint density at radius 3 is 2.33 bits per heavy atom. The third-order valence-corrected chi connectivity index (χ3v) is 6.52. The predicted molar refractivity (Wildman–Crippen MR) is 142 cm³/mol. The van der Waals surface area contributed by atoms with Crippen LogP contribution in [-0.4, -0.2) is 29.8 Å². The number of hydrogen-bond donors (Lipinski definition) is 1. The summed E-state index contributed by atoms with van der Waals surface area (Å²) in [4.78, 5) is 13.6. The molecule has 7 nitrogen and oxygen atoms in total. The summed E-state index contributed by atoms with van der Waals surface area (Å²) in [6.45, 7) is 6.99. The van der Waals surface area contributed by atoms with Crippen molar-refractivity contribution < 1.29 is 0 Å². The second-order valence-corrected chi connectivity index (χ2v) is 9.32. The molecule has 36 heavy (non-hydrogen) atoms. The Bertz CT molecular complexity index is 1510. The summed E-state index contributed by atoms with van der Waals surface area (Å²) in [5, 5.41) is 14.3. The van der Waals surface area contributed by atoms with Crippen LogP contribution in [0.4, 0.5) is 0 Å². The number of aromatic nitrogens is 6. The molecule has 0 aliphatic heterocycles. The smallest absolute Gasteiger partial charge is 0.292 e. The lowest BCUT2D eigenvalue weighted by atomic mass is 9.98. The van der Waals surface area contributed by atoms with Gasteiger partial charge in [0.25, 0.3) is 0 Å². The SMILES string of the molecule is CCCc1cn(-c2ccccc2C(C)C)c(=O)n1Cc1ccc(-c2ccccc2-c2nnn[nH]2)cc1. The number of para-hydroxylation sites is 1. The molecule has 0 bridgehead atoms. The Hall–Kier alpha value is -4.26. The number of rotatable bonds is 8. The van der Waals surface area contributed by atoms with Crippen LogP contribution in [0.15, 0.2) is 83.8 Å². The molecule has 0 amide bonds. The molecule has 3 aromatic carbocycles. The van der Waals surface area contributed by atoms with Crippen molar-refractivity contribution in [3.63, 3.8) is 0 Å². The minimum absolute atomic E-state index is 0.00112. The van der Waals surface area contributed by atoms with Gasteiger partial charge in [0.2, 0.25) is 0 Å². The van der Waals surface area contributed by atoms with E-state index in [0.717, 1.165) is 46.5 Å². The lowest BCUT2D eigenvalue weighted by Gasteiger charge is -2.12. The lowest BCUT2D eigenvalue weighted by molar-refractivity contribution is 0.690. The predicted octanol–water partition coefficient (Wildman–Crippen LogP) is 5.61. The van der Waals surface area contributed by atoms with Gasteiger partial charge in [0.1, 0.15) is 0 Å². The minimum atomic E-state index is -0.00112. The fourth-order valence-corrected chi connectivity index (χ4v) is 4.71. The molecule has 182 valence electrons. The van der Waals surface area contributed by atoms with Gasteiger partial charge in [0.15, 0.2) is 5.82 Å². The van der Waals surface area contributed by atoms with E-state index in [2.05, 4.69) is 77.8 Å². The van der Waals surface area contributed by atoms with Crippen molar-refractivity contribution in [2.45, 2.75) is 46.1 Å². The van der Waals surface area contributed by atoms with Gasteiger partial charge in [-0.25, -0.2) is 9.89 Å². The maximum atomic E-state index is 13.6. The Labute approximate surface area is 210 Å². The molecule has 0 spiro atoms. The lowest BCUT2D eigenvalue weighted by Crippen LogP contribution is -2.25. The first-order valence-electron chi connectivity index (χ1n) is 12.4. The average molecular weight is 479 g/mol. The van der Waals surface area contributed by atoms with Gasteiger partial charge >= 0.3 is 5.69 Å². The van der Waals surface area contributed by atoms with E-state index < -0.39 is 0 Å². The highest BCUT2D eigenvalue weighted by Gasteiger charge is 2.16. The molecule has 2 aromatic heterocycles. The number of H-pyrrole nitrogens is 1. The van der Waals surface area contributed by atoms with E-state index in [4.69, 9.17) is 0 Å². The summed E-state index contributed by atoms with van der Waals surface area (Å²) >= 11 is 0. The molecular formula is C29H30N6O. The Morgan fingerprint density at radius 1 is 0.917 bits per heavy atom. The van der Waals surface area contributed by atoms with Crippen LogP contribution in [0.2, 0.25) is 0 Å². The topological polar surface area (TPSA) is 81.4 Å². The van der Waals surface area contributed by atoms with Gasteiger partial charge < -0.3 is 0 Å². The molecule has 0 unspecified atom stereocenters. The minimum Gasteiger partial charge on any atom is -0.292 e.